The SMILES string of the molecule is CCCCCCCCOC(=O)c1cccc2cccc(C(=O)OCCCCCCCC)c12. The number of carbonyl (C=O) groups excluding carboxylic acids is 2. The van der Waals surface area contributed by atoms with Gasteiger partial charge in [0.15, 0.2) is 0 Å². The number of rotatable bonds is 16. The van der Waals surface area contributed by atoms with Crippen LogP contribution in [0.15, 0.2) is 36.4 Å². The Morgan fingerprint density at radius 2 is 1.00 bits per heavy atom. The highest BCUT2D eigenvalue weighted by Gasteiger charge is 2.18. The van der Waals surface area contributed by atoms with Gasteiger partial charge in [-0.1, -0.05) is 102 Å². The number of fused-ring (bicyclic) bond motifs is 1. The van der Waals surface area contributed by atoms with Crippen molar-refractivity contribution in [2.24, 2.45) is 0 Å². The number of hydrogen-bond donors (Lipinski definition) is 0. The Bertz CT molecular complexity index is 763. The van der Waals surface area contributed by atoms with E-state index >= 15 is 0 Å². The van der Waals surface area contributed by atoms with E-state index in [-0.39, 0.29) is 11.9 Å². The summed E-state index contributed by atoms with van der Waals surface area (Å²) in [6.07, 6.45) is 13.7. The van der Waals surface area contributed by atoms with Crippen LogP contribution < -0.4 is 0 Å². The molecule has 0 aliphatic carbocycles. The molecule has 0 saturated heterocycles. The van der Waals surface area contributed by atoms with Crippen LogP contribution in [0.2, 0.25) is 0 Å². The summed E-state index contributed by atoms with van der Waals surface area (Å²) in [5.41, 5.74) is 0.862. The molecule has 0 amide bonds. The normalized spacial score (nSPS) is 10.9. The first kappa shape index (κ1) is 25.9. The number of esters is 2. The van der Waals surface area contributed by atoms with E-state index in [1.54, 1.807) is 12.1 Å². The summed E-state index contributed by atoms with van der Waals surface area (Å²) in [7, 11) is 0. The van der Waals surface area contributed by atoms with Gasteiger partial charge in [0.05, 0.1) is 24.3 Å². The minimum absolute atomic E-state index is 0.375. The molecule has 0 atom stereocenters. The highest BCUT2D eigenvalue weighted by Crippen LogP contribution is 2.25. The van der Waals surface area contributed by atoms with Crippen LogP contribution in [0.1, 0.15) is 112 Å². The number of benzene rings is 2. The van der Waals surface area contributed by atoms with E-state index in [9.17, 15) is 9.59 Å². The summed E-state index contributed by atoms with van der Waals surface area (Å²) in [5, 5.41) is 1.46. The number of ether oxygens (including phenoxy) is 2. The molecule has 2 aromatic carbocycles. The van der Waals surface area contributed by atoms with E-state index < -0.39 is 0 Å². The van der Waals surface area contributed by atoms with Crippen molar-refractivity contribution in [3.8, 4) is 0 Å². The fraction of sp³-hybridized carbons (Fsp3) is 0.571. The second kappa shape index (κ2) is 15.4. The predicted molar refractivity (Wildman–Crippen MR) is 131 cm³/mol. The maximum Gasteiger partial charge on any atom is 0.338 e. The zero-order chi connectivity index (χ0) is 23.0. The summed E-state index contributed by atoms with van der Waals surface area (Å²) in [4.78, 5) is 25.6. The van der Waals surface area contributed by atoms with Gasteiger partial charge in [-0.25, -0.2) is 9.59 Å². The van der Waals surface area contributed by atoms with E-state index in [0.717, 1.165) is 31.1 Å². The number of hydrogen-bond acceptors (Lipinski definition) is 4. The fourth-order valence-corrected chi connectivity index (χ4v) is 3.93. The van der Waals surface area contributed by atoms with Crippen molar-refractivity contribution in [1.29, 1.82) is 0 Å². The summed E-state index contributed by atoms with van der Waals surface area (Å²) in [6, 6.07) is 10.9. The van der Waals surface area contributed by atoms with Gasteiger partial charge in [0.1, 0.15) is 0 Å². The molecule has 0 radical (unpaired) electrons. The molecule has 0 heterocycles. The molecule has 176 valence electrons. The molecule has 0 spiro atoms. The third-order valence-corrected chi connectivity index (χ3v) is 5.81. The van der Waals surface area contributed by atoms with Crippen LogP contribution in [0.5, 0.6) is 0 Å². The summed E-state index contributed by atoms with van der Waals surface area (Å²) in [6.45, 7) is 5.22. The van der Waals surface area contributed by atoms with Crippen LogP contribution in [-0.2, 0) is 9.47 Å². The highest BCUT2D eigenvalue weighted by molar-refractivity contribution is 6.13. The molecule has 0 fully saturated rings. The smallest absolute Gasteiger partial charge is 0.338 e. The molecule has 0 unspecified atom stereocenters. The molecule has 0 saturated carbocycles. The average Bonchev–Trinajstić information content (AvgIpc) is 2.81. The lowest BCUT2D eigenvalue weighted by atomic mass is 9.99. The van der Waals surface area contributed by atoms with Crippen molar-refractivity contribution in [1.82, 2.24) is 0 Å². The molecule has 32 heavy (non-hydrogen) atoms. The molecule has 0 bridgehead atoms. The molecule has 0 N–H and O–H groups in total. The fourth-order valence-electron chi connectivity index (χ4n) is 3.93. The summed E-state index contributed by atoms with van der Waals surface area (Å²) in [5.74, 6) is -0.749. The molecule has 0 aliphatic heterocycles. The molecular formula is C28H40O4. The minimum atomic E-state index is -0.375. The molecule has 4 heteroatoms. The zero-order valence-corrected chi connectivity index (χ0v) is 20.0. The van der Waals surface area contributed by atoms with Crippen LogP contribution >= 0.6 is 0 Å². The molecule has 2 rings (SSSR count). The van der Waals surface area contributed by atoms with Gasteiger partial charge in [0.2, 0.25) is 0 Å². The van der Waals surface area contributed by atoms with Crippen molar-refractivity contribution in [3.05, 3.63) is 47.5 Å². The Kier molecular flexibility index (Phi) is 12.5. The zero-order valence-electron chi connectivity index (χ0n) is 20.0. The lowest BCUT2D eigenvalue weighted by Crippen LogP contribution is -2.11. The van der Waals surface area contributed by atoms with Crippen molar-refractivity contribution in [2.75, 3.05) is 13.2 Å². The van der Waals surface area contributed by atoms with Gasteiger partial charge < -0.3 is 9.47 Å². The van der Waals surface area contributed by atoms with E-state index in [4.69, 9.17) is 9.47 Å². The van der Waals surface area contributed by atoms with Crippen LogP contribution in [-0.4, -0.2) is 25.2 Å². The van der Waals surface area contributed by atoms with Gasteiger partial charge >= 0.3 is 11.9 Å². The standard InChI is InChI=1S/C28H40O4/c1-3-5-7-9-11-13-21-31-27(29)24-19-15-17-23-18-16-20-25(26(23)24)28(30)32-22-14-12-10-8-6-4-2/h15-20H,3-14,21-22H2,1-2H3. The van der Waals surface area contributed by atoms with Crippen LogP contribution in [0.3, 0.4) is 0 Å². The molecule has 0 aliphatic rings. The predicted octanol–water partition coefficient (Wildman–Crippen LogP) is 7.87. The van der Waals surface area contributed by atoms with Crippen molar-refractivity contribution >= 4 is 22.7 Å². The summed E-state index contributed by atoms with van der Waals surface area (Å²) >= 11 is 0. The van der Waals surface area contributed by atoms with Crippen LogP contribution in [0.4, 0.5) is 0 Å². The van der Waals surface area contributed by atoms with E-state index in [2.05, 4.69) is 13.8 Å². The average molecular weight is 441 g/mol. The number of carbonyl (C=O) groups is 2. The Morgan fingerprint density at radius 3 is 1.44 bits per heavy atom. The van der Waals surface area contributed by atoms with Gasteiger partial charge in [-0.3, -0.25) is 0 Å². The van der Waals surface area contributed by atoms with Gasteiger partial charge in [0, 0.05) is 5.39 Å². The molecule has 0 aromatic heterocycles. The maximum atomic E-state index is 12.8. The largest absolute Gasteiger partial charge is 0.462 e. The Hall–Kier alpha value is -2.36. The van der Waals surface area contributed by atoms with E-state index in [1.165, 1.54) is 51.4 Å². The maximum absolute atomic E-state index is 12.8. The lowest BCUT2D eigenvalue weighted by molar-refractivity contribution is 0.0498. The van der Waals surface area contributed by atoms with Gasteiger partial charge in [0.25, 0.3) is 0 Å². The molecule has 2 aromatic rings. The highest BCUT2D eigenvalue weighted by atomic mass is 16.5. The Labute approximate surface area is 193 Å². The third-order valence-electron chi connectivity index (χ3n) is 5.81. The van der Waals surface area contributed by atoms with E-state index in [0.29, 0.717) is 29.7 Å². The lowest BCUT2D eigenvalue weighted by Gasteiger charge is -2.12. The van der Waals surface area contributed by atoms with Crippen LogP contribution in [0.25, 0.3) is 10.8 Å². The Balaban J connectivity index is 1.95. The quantitative estimate of drug-likeness (QED) is 0.197. The van der Waals surface area contributed by atoms with Gasteiger partial charge in [-0.2, -0.15) is 0 Å². The van der Waals surface area contributed by atoms with Crippen molar-refractivity contribution in [3.63, 3.8) is 0 Å². The second-order valence-corrected chi connectivity index (χ2v) is 8.52. The van der Waals surface area contributed by atoms with Crippen LogP contribution in [0, 0.1) is 0 Å². The molecule has 4 nitrogen and oxygen atoms in total. The first-order chi connectivity index (χ1) is 15.7. The van der Waals surface area contributed by atoms with Crippen molar-refractivity contribution < 1.29 is 19.1 Å². The monoisotopic (exact) mass is 440 g/mol. The summed E-state index contributed by atoms with van der Waals surface area (Å²) < 4.78 is 11.1. The molecular weight excluding hydrogens is 400 g/mol. The van der Waals surface area contributed by atoms with Crippen molar-refractivity contribution in [2.45, 2.75) is 90.9 Å². The first-order valence-electron chi connectivity index (χ1n) is 12.5. The van der Waals surface area contributed by atoms with Gasteiger partial charge in [-0.15, -0.1) is 0 Å². The second-order valence-electron chi connectivity index (χ2n) is 8.52. The first-order valence-corrected chi connectivity index (χ1v) is 12.5. The van der Waals surface area contributed by atoms with E-state index in [1.807, 2.05) is 24.3 Å². The number of unbranched alkanes of at least 4 members (excludes halogenated alkanes) is 10. The minimum Gasteiger partial charge on any atom is -0.462 e. The van der Waals surface area contributed by atoms with Gasteiger partial charge in [-0.05, 0) is 30.4 Å². The Morgan fingerprint density at radius 1 is 0.594 bits per heavy atom. The topological polar surface area (TPSA) is 52.6 Å². The third kappa shape index (κ3) is 8.64.